The minimum atomic E-state index is 0.273. The second-order valence-electron chi connectivity index (χ2n) is 5.44. The maximum absolute atomic E-state index is 5.44. The van der Waals surface area contributed by atoms with Crippen LogP contribution in [0, 0.1) is 0 Å². The minimum Gasteiger partial charge on any atom is -0.493 e. The van der Waals surface area contributed by atoms with Crippen LogP contribution < -0.4 is 19.5 Å². The van der Waals surface area contributed by atoms with E-state index in [4.69, 9.17) is 14.2 Å². The van der Waals surface area contributed by atoms with Crippen molar-refractivity contribution in [1.29, 1.82) is 0 Å². The van der Waals surface area contributed by atoms with E-state index in [0.717, 1.165) is 30.2 Å². The Bertz CT molecular complexity index is 478. The number of rotatable bonds is 5. The summed E-state index contributed by atoms with van der Waals surface area (Å²) in [6.07, 6.45) is 2.59. The lowest BCUT2D eigenvalue weighted by atomic mass is 10.1. The first-order valence-electron chi connectivity index (χ1n) is 7.15. The number of likely N-dealkylation sites (tertiary alicyclic amines) is 1. The van der Waals surface area contributed by atoms with E-state index in [1.54, 1.807) is 7.11 Å². The summed E-state index contributed by atoms with van der Waals surface area (Å²) in [6.45, 7) is 3.32. The highest BCUT2D eigenvalue weighted by Gasteiger charge is 2.21. The maximum Gasteiger partial charge on any atom is 0.231 e. The van der Waals surface area contributed by atoms with Gasteiger partial charge in [-0.05, 0) is 44.1 Å². The molecule has 0 amide bonds. The molecule has 20 heavy (non-hydrogen) atoms. The van der Waals surface area contributed by atoms with Crippen LogP contribution in [-0.4, -0.2) is 45.0 Å². The van der Waals surface area contributed by atoms with Gasteiger partial charge in [-0.1, -0.05) is 0 Å². The first-order chi connectivity index (χ1) is 9.78. The molecular weight excluding hydrogens is 256 g/mol. The number of hydrogen-bond donors (Lipinski definition) is 1. The van der Waals surface area contributed by atoms with E-state index in [0.29, 0.717) is 11.8 Å². The summed E-state index contributed by atoms with van der Waals surface area (Å²) in [5.74, 6) is 2.24. The van der Waals surface area contributed by atoms with Gasteiger partial charge in [0.2, 0.25) is 12.5 Å². The third kappa shape index (κ3) is 2.69. The van der Waals surface area contributed by atoms with E-state index < -0.39 is 0 Å². The van der Waals surface area contributed by atoms with E-state index >= 15 is 0 Å². The van der Waals surface area contributed by atoms with E-state index in [9.17, 15) is 0 Å². The van der Waals surface area contributed by atoms with Crippen molar-refractivity contribution in [3.63, 3.8) is 0 Å². The van der Waals surface area contributed by atoms with Crippen molar-refractivity contribution in [1.82, 2.24) is 10.2 Å². The summed E-state index contributed by atoms with van der Waals surface area (Å²) in [4.78, 5) is 2.42. The fourth-order valence-electron chi connectivity index (χ4n) is 2.91. The average Bonchev–Trinajstić information content (AvgIpc) is 3.07. The van der Waals surface area contributed by atoms with Gasteiger partial charge in [0.05, 0.1) is 7.11 Å². The highest BCUT2D eigenvalue weighted by Crippen LogP contribution is 2.41. The molecule has 1 aromatic rings. The van der Waals surface area contributed by atoms with Gasteiger partial charge >= 0.3 is 0 Å². The Morgan fingerprint density at radius 2 is 2.30 bits per heavy atom. The van der Waals surface area contributed by atoms with Crippen molar-refractivity contribution < 1.29 is 14.2 Å². The number of hydrogen-bond acceptors (Lipinski definition) is 5. The van der Waals surface area contributed by atoms with Gasteiger partial charge in [-0.2, -0.15) is 0 Å². The number of ether oxygens (including phenoxy) is 3. The zero-order chi connectivity index (χ0) is 13.9. The normalized spacial score (nSPS) is 21.4. The first kappa shape index (κ1) is 13.5. The fraction of sp³-hybridized carbons (Fsp3) is 0.600. The summed E-state index contributed by atoms with van der Waals surface area (Å²) in [5.41, 5.74) is 1.16. The Morgan fingerprint density at radius 1 is 1.40 bits per heavy atom. The lowest BCUT2D eigenvalue weighted by Gasteiger charge is -2.19. The van der Waals surface area contributed by atoms with Gasteiger partial charge in [-0.15, -0.1) is 0 Å². The number of nitrogens with one attached hydrogen (secondary N) is 1. The van der Waals surface area contributed by atoms with Crippen LogP contribution in [-0.2, 0) is 6.54 Å². The molecule has 0 bridgehead atoms. The van der Waals surface area contributed by atoms with Crippen molar-refractivity contribution in [3.8, 4) is 17.2 Å². The van der Waals surface area contributed by atoms with Gasteiger partial charge in [-0.25, -0.2) is 0 Å². The number of nitrogens with zero attached hydrogens (tertiary/aromatic N) is 1. The van der Waals surface area contributed by atoms with E-state index in [1.807, 2.05) is 12.1 Å². The van der Waals surface area contributed by atoms with Gasteiger partial charge in [0.1, 0.15) is 0 Å². The second-order valence-corrected chi connectivity index (χ2v) is 5.44. The molecule has 0 aliphatic carbocycles. The summed E-state index contributed by atoms with van der Waals surface area (Å²) >= 11 is 0. The Morgan fingerprint density at radius 3 is 3.05 bits per heavy atom. The lowest BCUT2D eigenvalue weighted by Crippen LogP contribution is -2.35. The van der Waals surface area contributed by atoms with Gasteiger partial charge in [0.15, 0.2) is 11.5 Å². The van der Waals surface area contributed by atoms with Crippen molar-refractivity contribution in [2.75, 3.05) is 34.0 Å². The summed E-state index contributed by atoms with van der Waals surface area (Å²) < 4.78 is 16.2. The minimum absolute atomic E-state index is 0.273. The van der Waals surface area contributed by atoms with E-state index in [2.05, 4.69) is 17.3 Å². The first-order valence-corrected chi connectivity index (χ1v) is 7.15. The van der Waals surface area contributed by atoms with Gasteiger partial charge in [0.25, 0.3) is 0 Å². The lowest BCUT2D eigenvalue weighted by molar-refractivity contribution is 0.171. The third-order valence-corrected chi connectivity index (χ3v) is 4.10. The van der Waals surface area contributed by atoms with Crippen LogP contribution in [0.4, 0.5) is 0 Å². The average molecular weight is 278 g/mol. The Kier molecular flexibility index (Phi) is 3.98. The second kappa shape index (κ2) is 5.89. The van der Waals surface area contributed by atoms with Crippen molar-refractivity contribution in [2.45, 2.75) is 25.4 Å². The molecule has 0 radical (unpaired) electrons. The SMILES string of the molecule is COc1cc(CNCC2CCCN2C)cc2c1OCO2. The molecule has 0 aromatic heterocycles. The molecule has 2 aliphatic rings. The highest BCUT2D eigenvalue weighted by molar-refractivity contribution is 5.55. The van der Waals surface area contributed by atoms with Crippen LogP contribution in [0.25, 0.3) is 0 Å². The largest absolute Gasteiger partial charge is 0.493 e. The molecule has 5 heteroatoms. The van der Waals surface area contributed by atoms with Crippen LogP contribution in [0.5, 0.6) is 17.2 Å². The van der Waals surface area contributed by atoms with E-state index in [1.165, 1.54) is 19.4 Å². The molecule has 2 aliphatic heterocycles. The Labute approximate surface area is 119 Å². The summed E-state index contributed by atoms with van der Waals surface area (Å²) in [5, 5.41) is 3.52. The topological polar surface area (TPSA) is 43.0 Å². The molecule has 2 heterocycles. The molecule has 1 N–H and O–H groups in total. The molecule has 1 fully saturated rings. The van der Waals surface area contributed by atoms with Crippen molar-refractivity contribution >= 4 is 0 Å². The summed E-state index contributed by atoms with van der Waals surface area (Å²) in [6, 6.07) is 4.70. The molecule has 1 aromatic carbocycles. The predicted octanol–water partition coefficient (Wildman–Crippen LogP) is 1.61. The molecular formula is C15H22N2O3. The monoisotopic (exact) mass is 278 g/mol. The molecule has 3 rings (SSSR count). The van der Waals surface area contributed by atoms with Crippen molar-refractivity contribution in [3.05, 3.63) is 17.7 Å². The molecule has 1 atom stereocenters. The van der Waals surface area contributed by atoms with Crippen molar-refractivity contribution in [2.24, 2.45) is 0 Å². The zero-order valence-corrected chi connectivity index (χ0v) is 12.1. The van der Waals surface area contributed by atoms with Gasteiger partial charge < -0.3 is 24.4 Å². The quantitative estimate of drug-likeness (QED) is 0.886. The number of benzene rings is 1. The summed E-state index contributed by atoms with van der Waals surface area (Å²) in [7, 11) is 3.85. The van der Waals surface area contributed by atoms with Gasteiger partial charge in [-0.3, -0.25) is 0 Å². The molecule has 0 spiro atoms. The van der Waals surface area contributed by atoms with Crippen LogP contribution in [0.1, 0.15) is 18.4 Å². The van der Waals surface area contributed by atoms with E-state index in [-0.39, 0.29) is 6.79 Å². The number of likely N-dealkylation sites (N-methyl/N-ethyl adjacent to an activating group) is 1. The van der Waals surface area contributed by atoms with Crippen LogP contribution >= 0.6 is 0 Å². The highest BCUT2D eigenvalue weighted by atomic mass is 16.7. The van der Waals surface area contributed by atoms with Crippen LogP contribution in [0.3, 0.4) is 0 Å². The molecule has 5 nitrogen and oxygen atoms in total. The molecule has 0 saturated carbocycles. The Hall–Kier alpha value is -1.46. The molecule has 1 unspecified atom stereocenters. The van der Waals surface area contributed by atoms with Crippen LogP contribution in [0.2, 0.25) is 0 Å². The Balaban J connectivity index is 1.60. The fourth-order valence-corrected chi connectivity index (χ4v) is 2.91. The smallest absolute Gasteiger partial charge is 0.231 e. The van der Waals surface area contributed by atoms with Gasteiger partial charge in [0, 0.05) is 19.1 Å². The third-order valence-electron chi connectivity index (χ3n) is 4.10. The predicted molar refractivity (Wildman–Crippen MR) is 76.5 cm³/mol. The van der Waals surface area contributed by atoms with Crippen LogP contribution in [0.15, 0.2) is 12.1 Å². The maximum atomic E-state index is 5.44. The zero-order valence-electron chi connectivity index (χ0n) is 12.1. The molecule has 1 saturated heterocycles. The number of fused-ring (bicyclic) bond motifs is 1. The standard InChI is InChI=1S/C15H22N2O3/c1-17-5-3-4-12(17)9-16-8-11-6-13(18-2)15-14(7-11)19-10-20-15/h6-7,12,16H,3-5,8-10H2,1-2H3. The molecule has 110 valence electrons. The number of methoxy groups -OCH3 is 1.